The molecule has 1 saturated heterocycles. The number of carboxylic acid groups (broad SMARTS) is 1. The Bertz CT molecular complexity index is 369. The van der Waals surface area contributed by atoms with Gasteiger partial charge in [-0.2, -0.15) is 0 Å². The highest BCUT2D eigenvalue weighted by Gasteiger charge is 2.28. The molecule has 1 saturated carbocycles. The minimum Gasteiger partial charge on any atom is -0.481 e. The fourth-order valence-electron chi connectivity index (χ4n) is 3.38. The minimum atomic E-state index is -0.746. The van der Waals surface area contributed by atoms with Crippen LogP contribution in [0, 0.1) is 17.8 Å². The maximum absolute atomic E-state index is 12.2. The Labute approximate surface area is 127 Å². The van der Waals surface area contributed by atoms with Crippen LogP contribution < -0.4 is 5.32 Å². The molecule has 5 heteroatoms. The number of hydrogen-bond acceptors (Lipinski definition) is 2. The van der Waals surface area contributed by atoms with Crippen LogP contribution in [0.4, 0.5) is 4.79 Å². The summed E-state index contributed by atoms with van der Waals surface area (Å²) in [6.07, 6.45) is 7.27. The number of nitrogens with zero attached hydrogens (tertiary/aromatic N) is 1. The molecule has 120 valence electrons. The van der Waals surface area contributed by atoms with Gasteiger partial charge in [0.2, 0.25) is 0 Å². The molecule has 2 unspecified atom stereocenters. The second-order valence-electron chi connectivity index (χ2n) is 6.74. The molecule has 5 nitrogen and oxygen atoms in total. The van der Waals surface area contributed by atoms with Gasteiger partial charge in [0.05, 0.1) is 0 Å². The van der Waals surface area contributed by atoms with E-state index < -0.39 is 5.97 Å². The van der Waals surface area contributed by atoms with Gasteiger partial charge in [0.15, 0.2) is 0 Å². The highest BCUT2D eigenvalue weighted by atomic mass is 16.4. The quantitative estimate of drug-likeness (QED) is 0.791. The predicted molar refractivity (Wildman–Crippen MR) is 81.1 cm³/mol. The van der Waals surface area contributed by atoms with Crippen LogP contribution in [-0.2, 0) is 4.79 Å². The van der Waals surface area contributed by atoms with Crippen molar-refractivity contribution in [1.82, 2.24) is 10.2 Å². The Morgan fingerprint density at radius 3 is 2.67 bits per heavy atom. The normalized spacial score (nSPS) is 24.2. The van der Waals surface area contributed by atoms with Gasteiger partial charge in [-0.15, -0.1) is 0 Å². The van der Waals surface area contributed by atoms with Crippen molar-refractivity contribution in [1.29, 1.82) is 0 Å². The van der Waals surface area contributed by atoms with Crippen LogP contribution in [0.3, 0.4) is 0 Å². The molecular formula is C16H28N2O3. The summed E-state index contributed by atoms with van der Waals surface area (Å²) < 4.78 is 0. The zero-order valence-electron chi connectivity index (χ0n) is 13.0. The van der Waals surface area contributed by atoms with Gasteiger partial charge in [0.1, 0.15) is 0 Å². The van der Waals surface area contributed by atoms with E-state index >= 15 is 0 Å². The van der Waals surface area contributed by atoms with Gasteiger partial charge in [-0.05, 0) is 37.0 Å². The minimum absolute atomic E-state index is 0.0292. The summed E-state index contributed by atoms with van der Waals surface area (Å²) in [6, 6.07) is 0.0292. The molecule has 2 atom stereocenters. The zero-order valence-corrected chi connectivity index (χ0v) is 13.0. The molecule has 1 heterocycles. The largest absolute Gasteiger partial charge is 0.481 e. The number of urea groups is 1. The molecule has 2 rings (SSSR count). The zero-order chi connectivity index (χ0) is 15.2. The monoisotopic (exact) mass is 296 g/mol. The molecule has 0 bridgehead atoms. The number of aliphatic carboxylic acids is 1. The van der Waals surface area contributed by atoms with Crippen molar-refractivity contribution in [3.63, 3.8) is 0 Å². The van der Waals surface area contributed by atoms with Crippen molar-refractivity contribution in [2.45, 2.75) is 51.9 Å². The van der Waals surface area contributed by atoms with Crippen molar-refractivity contribution >= 4 is 12.0 Å². The van der Waals surface area contributed by atoms with Gasteiger partial charge in [0.25, 0.3) is 0 Å². The molecule has 1 aliphatic carbocycles. The molecule has 0 radical (unpaired) electrons. The van der Waals surface area contributed by atoms with Crippen LogP contribution in [-0.4, -0.2) is 41.6 Å². The van der Waals surface area contributed by atoms with Crippen LogP contribution in [0.25, 0.3) is 0 Å². The summed E-state index contributed by atoms with van der Waals surface area (Å²) in [5.41, 5.74) is 0. The van der Waals surface area contributed by atoms with E-state index in [0.29, 0.717) is 12.5 Å². The SMILES string of the molecule is CC(CC(=O)O)C1CCCN(C(=O)NCCC2CCC2)C1. The van der Waals surface area contributed by atoms with Crippen LogP contribution in [0.2, 0.25) is 0 Å². The van der Waals surface area contributed by atoms with Gasteiger partial charge >= 0.3 is 12.0 Å². The number of carbonyl (C=O) groups excluding carboxylic acids is 1. The molecule has 21 heavy (non-hydrogen) atoms. The first-order chi connectivity index (χ1) is 10.1. The maximum Gasteiger partial charge on any atom is 0.317 e. The maximum atomic E-state index is 12.2. The van der Waals surface area contributed by atoms with Crippen molar-refractivity contribution in [2.75, 3.05) is 19.6 Å². The van der Waals surface area contributed by atoms with Crippen LogP contribution in [0.15, 0.2) is 0 Å². The van der Waals surface area contributed by atoms with Crippen molar-refractivity contribution < 1.29 is 14.7 Å². The average molecular weight is 296 g/mol. The van der Waals surface area contributed by atoms with E-state index in [2.05, 4.69) is 5.32 Å². The number of likely N-dealkylation sites (tertiary alicyclic amines) is 1. The van der Waals surface area contributed by atoms with Gasteiger partial charge in [-0.1, -0.05) is 26.2 Å². The Balaban J connectivity index is 1.71. The number of hydrogen-bond donors (Lipinski definition) is 2. The molecule has 2 fully saturated rings. The number of nitrogens with one attached hydrogen (secondary N) is 1. The van der Waals surface area contributed by atoms with E-state index in [4.69, 9.17) is 5.11 Å². The molecule has 2 amide bonds. The standard InChI is InChI=1S/C16H28N2O3/c1-12(10-15(19)20)14-6-3-9-18(11-14)16(21)17-8-7-13-4-2-5-13/h12-14H,2-11H2,1H3,(H,17,21)(H,19,20). The van der Waals surface area contributed by atoms with E-state index in [1.807, 2.05) is 11.8 Å². The van der Waals surface area contributed by atoms with E-state index in [-0.39, 0.29) is 18.4 Å². The lowest BCUT2D eigenvalue weighted by molar-refractivity contribution is -0.138. The fraction of sp³-hybridized carbons (Fsp3) is 0.875. The first-order valence-electron chi connectivity index (χ1n) is 8.31. The fourth-order valence-corrected chi connectivity index (χ4v) is 3.38. The summed E-state index contributed by atoms with van der Waals surface area (Å²) in [6.45, 7) is 4.25. The number of amides is 2. The van der Waals surface area contributed by atoms with E-state index in [1.165, 1.54) is 19.3 Å². The summed E-state index contributed by atoms with van der Waals surface area (Å²) >= 11 is 0. The molecule has 2 aliphatic rings. The molecule has 2 N–H and O–H groups in total. The van der Waals surface area contributed by atoms with Crippen molar-refractivity contribution in [2.24, 2.45) is 17.8 Å². The molecule has 1 aliphatic heterocycles. The lowest BCUT2D eigenvalue weighted by Crippen LogP contribution is -2.47. The molecular weight excluding hydrogens is 268 g/mol. The number of carboxylic acids is 1. The molecule has 0 aromatic heterocycles. The smallest absolute Gasteiger partial charge is 0.317 e. The van der Waals surface area contributed by atoms with Crippen LogP contribution in [0.1, 0.15) is 51.9 Å². The lowest BCUT2D eigenvalue weighted by atomic mass is 9.83. The Morgan fingerprint density at radius 2 is 2.05 bits per heavy atom. The van der Waals surface area contributed by atoms with Crippen LogP contribution >= 0.6 is 0 Å². The van der Waals surface area contributed by atoms with Crippen LogP contribution in [0.5, 0.6) is 0 Å². The third kappa shape index (κ3) is 4.90. The predicted octanol–water partition coefficient (Wildman–Crippen LogP) is 2.71. The third-order valence-corrected chi connectivity index (χ3v) is 5.10. The molecule has 0 aromatic rings. The Hall–Kier alpha value is -1.26. The average Bonchev–Trinajstić information content (AvgIpc) is 2.40. The Kier molecular flexibility index (Phi) is 5.88. The number of piperidine rings is 1. The third-order valence-electron chi connectivity index (χ3n) is 5.10. The first-order valence-corrected chi connectivity index (χ1v) is 8.31. The highest BCUT2D eigenvalue weighted by Crippen LogP contribution is 2.29. The lowest BCUT2D eigenvalue weighted by Gasteiger charge is -2.35. The van der Waals surface area contributed by atoms with Gasteiger partial charge in [0, 0.05) is 26.1 Å². The van der Waals surface area contributed by atoms with E-state index in [9.17, 15) is 9.59 Å². The second-order valence-corrected chi connectivity index (χ2v) is 6.74. The molecule has 0 aromatic carbocycles. The number of rotatable bonds is 6. The van der Waals surface area contributed by atoms with Crippen molar-refractivity contribution in [3.05, 3.63) is 0 Å². The summed E-state index contributed by atoms with van der Waals surface area (Å²) in [5.74, 6) is 0.514. The Morgan fingerprint density at radius 1 is 1.29 bits per heavy atom. The number of carbonyl (C=O) groups is 2. The van der Waals surface area contributed by atoms with E-state index in [0.717, 1.165) is 38.3 Å². The first kappa shape index (κ1) is 16.1. The van der Waals surface area contributed by atoms with Gasteiger partial charge in [-0.3, -0.25) is 4.79 Å². The second kappa shape index (κ2) is 7.66. The summed E-state index contributed by atoms with van der Waals surface area (Å²) in [5, 5.41) is 11.9. The topological polar surface area (TPSA) is 69.6 Å². The van der Waals surface area contributed by atoms with Crippen molar-refractivity contribution in [3.8, 4) is 0 Å². The molecule has 0 spiro atoms. The highest BCUT2D eigenvalue weighted by molar-refractivity contribution is 5.74. The van der Waals surface area contributed by atoms with Gasteiger partial charge in [-0.25, -0.2) is 4.79 Å². The summed E-state index contributed by atoms with van der Waals surface area (Å²) in [7, 11) is 0. The van der Waals surface area contributed by atoms with E-state index in [1.54, 1.807) is 0 Å². The van der Waals surface area contributed by atoms with Gasteiger partial charge < -0.3 is 15.3 Å². The summed E-state index contributed by atoms with van der Waals surface area (Å²) in [4.78, 5) is 24.9.